The summed E-state index contributed by atoms with van der Waals surface area (Å²) in [5, 5.41) is 2.79. The van der Waals surface area contributed by atoms with Crippen molar-refractivity contribution in [2.75, 3.05) is 33.4 Å². The first kappa shape index (κ1) is 15.2. The lowest BCUT2D eigenvalue weighted by Gasteiger charge is -2.24. The summed E-state index contributed by atoms with van der Waals surface area (Å²) in [7, 11) is 1.73. The number of methoxy groups -OCH3 is 1. The van der Waals surface area contributed by atoms with E-state index in [0.29, 0.717) is 12.6 Å². The Morgan fingerprint density at radius 1 is 1.44 bits per heavy atom. The monoisotopic (exact) mass is 258 g/mol. The summed E-state index contributed by atoms with van der Waals surface area (Å²) in [4.78, 5) is 13.8. The van der Waals surface area contributed by atoms with Gasteiger partial charge in [-0.2, -0.15) is 0 Å². The van der Waals surface area contributed by atoms with Crippen LogP contribution in [0.5, 0.6) is 0 Å². The Morgan fingerprint density at radius 3 is 2.78 bits per heavy atom. The van der Waals surface area contributed by atoms with Crippen LogP contribution in [0.25, 0.3) is 0 Å². The Bertz CT molecular complexity index is 263. The first-order chi connectivity index (χ1) is 8.42. The van der Waals surface area contributed by atoms with Crippen LogP contribution in [0.1, 0.15) is 33.6 Å². The van der Waals surface area contributed by atoms with E-state index in [0.717, 1.165) is 19.7 Å². The number of hydrogen-bond acceptors (Lipinski definition) is 4. The van der Waals surface area contributed by atoms with E-state index in [-0.39, 0.29) is 6.09 Å². The van der Waals surface area contributed by atoms with Crippen LogP contribution in [0, 0.1) is 0 Å². The van der Waals surface area contributed by atoms with Crippen molar-refractivity contribution < 1.29 is 14.3 Å². The highest BCUT2D eigenvalue weighted by molar-refractivity contribution is 5.67. The first-order valence-electron chi connectivity index (χ1n) is 6.62. The molecular formula is C13H26N2O3. The minimum Gasteiger partial charge on any atom is -0.444 e. The molecule has 1 aliphatic rings. The fourth-order valence-corrected chi connectivity index (χ4v) is 2.19. The Kier molecular flexibility index (Phi) is 5.88. The molecule has 0 aliphatic carbocycles. The van der Waals surface area contributed by atoms with Crippen LogP contribution in [0.2, 0.25) is 0 Å². The van der Waals surface area contributed by atoms with E-state index in [9.17, 15) is 4.79 Å². The molecule has 0 saturated carbocycles. The highest BCUT2D eigenvalue weighted by Gasteiger charge is 2.24. The number of nitrogens with one attached hydrogen (secondary N) is 1. The molecule has 0 radical (unpaired) electrons. The van der Waals surface area contributed by atoms with Crippen molar-refractivity contribution in [3.05, 3.63) is 0 Å². The second-order valence-corrected chi connectivity index (χ2v) is 5.72. The van der Waals surface area contributed by atoms with Gasteiger partial charge in [-0.05, 0) is 40.2 Å². The largest absolute Gasteiger partial charge is 0.444 e. The number of carbonyl (C=O) groups is 1. The number of ether oxygens (including phenoxy) is 2. The van der Waals surface area contributed by atoms with Crippen LogP contribution < -0.4 is 5.32 Å². The summed E-state index contributed by atoms with van der Waals surface area (Å²) in [6, 6.07) is 0.496. The molecule has 0 aromatic carbocycles. The molecule has 5 nitrogen and oxygen atoms in total. The maximum Gasteiger partial charge on any atom is 0.407 e. The number of amides is 1. The van der Waals surface area contributed by atoms with Crippen molar-refractivity contribution >= 4 is 6.09 Å². The van der Waals surface area contributed by atoms with Gasteiger partial charge in [0.1, 0.15) is 5.60 Å². The van der Waals surface area contributed by atoms with Crippen LogP contribution in [0.4, 0.5) is 4.79 Å². The average Bonchev–Trinajstić information content (AvgIpc) is 2.64. The second-order valence-electron chi connectivity index (χ2n) is 5.72. The van der Waals surface area contributed by atoms with E-state index in [1.54, 1.807) is 7.11 Å². The lowest BCUT2D eigenvalue weighted by molar-refractivity contribution is 0.0516. The molecule has 1 rings (SSSR count). The third-order valence-corrected chi connectivity index (χ3v) is 2.93. The van der Waals surface area contributed by atoms with Gasteiger partial charge < -0.3 is 14.8 Å². The average molecular weight is 258 g/mol. The van der Waals surface area contributed by atoms with Gasteiger partial charge in [-0.15, -0.1) is 0 Å². The quantitative estimate of drug-likeness (QED) is 0.814. The van der Waals surface area contributed by atoms with E-state index in [2.05, 4.69) is 10.2 Å². The number of nitrogens with zero attached hydrogens (tertiary/aromatic N) is 1. The van der Waals surface area contributed by atoms with Crippen LogP contribution in [0.15, 0.2) is 0 Å². The lowest BCUT2D eigenvalue weighted by atomic mass is 10.2. The molecule has 106 valence electrons. The summed E-state index contributed by atoms with van der Waals surface area (Å²) in [5.74, 6) is 0. The van der Waals surface area contributed by atoms with E-state index in [1.165, 1.54) is 12.8 Å². The van der Waals surface area contributed by atoms with Crippen LogP contribution >= 0.6 is 0 Å². The Morgan fingerprint density at radius 2 is 2.17 bits per heavy atom. The molecule has 1 fully saturated rings. The normalized spacial score (nSPS) is 21.0. The molecule has 1 amide bonds. The molecule has 1 saturated heterocycles. The number of rotatable bonds is 5. The highest BCUT2D eigenvalue weighted by atomic mass is 16.6. The van der Waals surface area contributed by atoms with Crippen molar-refractivity contribution in [3.8, 4) is 0 Å². The summed E-state index contributed by atoms with van der Waals surface area (Å²) in [5.41, 5.74) is -0.434. The Labute approximate surface area is 110 Å². The van der Waals surface area contributed by atoms with Gasteiger partial charge in [0, 0.05) is 26.2 Å². The second kappa shape index (κ2) is 6.95. The summed E-state index contributed by atoms with van der Waals surface area (Å²) in [6.07, 6.45) is 2.05. The third-order valence-electron chi connectivity index (χ3n) is 2.93. The van der Waals surface area contributed by atoms with Crippen molar-refractivity contribution in [2.45, 2.75) is 45.3 Å². The molecule has 1 N–H and O–H groups in total. The molecule has 1 aliphatic heterocycles. The molecule has 0 spiro atoms. The van der Waals surface area contributed by atoms with Gasteiger partial charge in [0.25, 0.3) is 0 Å². The Balaban J connectivity index is 2.19. The third kappa shape index (κ3) is 5.69. The summed E-state index contributed by atoms with van der Waals surface area (Å²) >= 11 is 0. The minimum atomic E-state index is -0.434. The molecular weight excluding hydrogens is 232 g/mol. The fourth-order valence-electron chi connectivity index (χ4n) is 2.19. The van der Waals surface area contributed by atoms with Crippen molar-refractivity contribution in [3.63, 3.8) is 0 Å². The van der Waals surface area contributed by atoms with Crippen molar-refractivity contribution in [1.82, 2.24) is 10.2 Å². The van der Waals surface area contributed by atoms with Crippen LogP contribution in [-0.2, 0) is 9.47 Å². The predicted molar refractivity (Wildman–Crippen MR) is 70.7 cm³/mol. The fraction of sp³-hybridized carbons (Fsp3) is 0.923. The van der Waals surface area contributed by atoms with E-state index in [1.807, 2.05) is 20.8 Å². The zero-order valence-corrected chi connectivity index (χ0v) is 12.0. The SMILES string of the molecule is COCC1CCCN1CCNC(=O)OC(C)(C)C. The molecule has 1 heterocycles. The van der Waals surface area contributed by atoms with E-state index >= 15 is 0 Å². The number of carbonyl (C=O) groups excluding carboxylic acids is 1. The maximum absolute atomic E-state index is 11.5. The highest BCUT2D eigenvalue weighted by Crippen LogP contribution is 2.16. The zero-order chi connectivity index (χ0) is 13.6. The Hall–Kier alpha value is -0.810. The van der Waals surface area contributed by atoms with E-state index in [4.69, 9.17) is 9.47 Å². The minimum absolute atomic E-state index is 0.343. The standard InChI is InChI=1S/C13H26N2O3/c1-13(2,3)18-12(16)14-7-9-15-8-5-6-11(15)10-17-4/h11H,5-10H2,1-4H3,(H,14,16). The van der Waals surface area contributed by atoms with Gasteiger partial charge in [-0.1, -0.05) is 0 Å². The molecule has 5 heteroatoms. The zero-order valence-electron chi connectivity index (χ0n) is 12.0. The maximum atomic E-state index is 11.5. The molecule has 1 unspecified atom stereocenters. The molecule has 0 aromatic rings. The van der Waals surface area contributed by atoms with Crippen molar-refractivity contribution in [1.29, 1.82) is 0 Å². The van der Waals surface area contributed by atoms with Gasteiger partial charge in [-0.3, -0.25) is 4.90 Å². The number of alkyl carbamates (subject to hydrolysis) is 1. The summed E-state index contributed by atoms with van der Waals surface area (Å²) in [6.45, 7) is 8.92. The van der Waals surface area contributed by atoms with Crippen LogP contribution in [0.3, 0.4) is 0 Å². The van der Waals surface area contributed by atoms with Crippen LogP contribution in [-0.4, -0.2) is 56.0 Å². The first-order valence-corrected chi connectivity index (χ1v) is 6.62. The number of hydrogen-bond donors (Lipinski definition) is 1. The topological polar surface area (TPSA) is 50.8 Å². The predicted octanol–water partition coefficient (Wildman–Crippen LogP) is 1.62. The molecule has 0 aromatic heterocycles. The van der Waals surface area contributed by atoms with Gasteiger partial charge in [0.15, 0.2) is 0 Å². The molecule has 0 bridgehead atoms. The smallest absolute Gasteiger partial charge is 0.407 e. The molecule has 1 atom stereocenters. The number of likely N-dealkylation sites (tertiary alicyclic amines) is 1. The van der Waals surface area contributed by atoms with Gasteiger partial charge in [-0.25, -0.2) is 4.79 Å². The van der Waals surface area contributed by atoms with Gasteiger partial charge >= 0.3 is 6.09 Å². The van der Waals surface area contributed by atoms with E-state index < -0.39 is 5.60 Å². The lowest BCUT2D eigenvalue weighted by Crippen LogP contribution is -2.40. The van der Waals surface area contributed by atoms with Crippen molar-refractivity contribution in [2.24, 2.45) is 0 Å². The van der Waals surface area contributed by atoms with Gasteiger partial charge in [0.2, 0.25) is 0 Å². The summed E-state index contributed by atoms with van der Waals surface area (Å²) < 4.78 is 10.4. The molecule has 18 heavy (non-hydrogen) atoms. The van der Waals surface area contributed by atoms with Gasteiger partial charge in [0.05, 0.1) is 6.61 Å².